The SMILES string of the molecule is CC(=O)O.CC(=O)O.CC(=O)O.CC(=O)O.CC(=O)O.CC(=O)O.CC(=O)O.CC(=O)O.NCCN.NCCN.[NaH].[NaH].[NaH].[NaH].[Na].[Na]. The molecule has 0 aliphatic heterocycles. The molecular weight excluding hydrogens is 690 g/mol. The summed E-state index contributed by atoms with van der Waals surface area (Å²) in [5.41, 5.74) is 19.6. The Labute approximate surface area is 402 Å². The fraction of sp³-hybridized carbons (Fsp3) is 0.600. The normalized spacial score (nSPS) is 5.65. The number of carboxylic acid groups (broad SMARTS) is 8. The summed E-state index contributed by atoms with van der Waals surface area (Å²) < 4.78 is 0. The van der Waals surface area contributed by atoms with Gasteiger partial charge in [0.15, 0.2) is 0 Å². The van der Waals surface area contributed by atoms with Gasteiger partial charge in [-0.3, -0.25) is 38.4 Å². The number of aliphatic carboxylic acids is 8. The van der Waals surface area contributed by atoms with E-state index in [1.54, 1.807) is 0 Å². The Hall–Kier alpha value is 1.60. The molecule has 0 rings (SSSR count). The van der Waals surface area contributed by atoms with Gasteiger partial charge < -0.3 is 63.8 Å². The molecule has 0 saturated heterocycles. The van der Waals surface area contributed by atoms with Gasteiger partial charge in [-0.25, -0.2) is 0 Å². The first-order valence-corrected chi connectivity index (χ1v) is 10.1. The van der Waals surface area contributed by atoms with Crippen molar-refractivity contribution in [2.45, 2.75) is 55.4 Å². The molecule has 0 fully saturated rings. The molecule has 0 amide bonds. The smallest absolute Gasteiger partial charge is 0 e. The van der Waals surface area contributed by atoms with E-state index in [1.165, 1.54) is 0 Å². The molecule has 46 heavy (non-hydrogen) atoms. The average molecular weight is 743 g/mol. The Morgan fingerprint density at radius 2 is 0.326 bits per heavy atom. The maximum Gasteiger partial charge on any atom is 0 e. The molecule has 16 N–H and O–H groups in total. The zero-order valence-electron chi connectivity index (χ0n) is 26.0. The van der Waals surface area contributed by atoms with Gasteiger partial charge in [-0.1, -0.05) is 0 Å². The molecule has 254 valence electrons. The molecule has 26 heteroatoms. The van der Waals surface area contributed by atoms with E-state index in [4.69, 9.17) is 102 Å². The van der Waals surface area contributed by atoms with Crippen molar-refractivity contribution in [1.82, 2.24) is 0 Å². The van der Waals surface area contributed by atoms with E-state index in [0.717, 1.165) is 55.4 Å². The summed E-state index contributed by atoms with van der Waals surface area (Å²) in [4.78, 5) is 72.0. The molecule has 2 radical (unpaired) electrons. The van der Waals surface area contributed by atoms with E-state index in [1.807, 2.05) is 0 Å². The van der Waals surface area contributed by atoms with Crippen LogP contribution in [0.15, 0.2) is 0 Å². The minimum Gasteiger partial charge on any atom is 0 e. The molecule has 20 nitrogen and oxygen atoms in total. The van der Waals surface area contributed by atoms with E-state index in [2.05, 4.69) is 0 Å². The van der Waals surface area contributed by atoms with Gasteiger partial charge in [0.1, 0.15) is 0 Å². The van der Waals surface area contributed by atoms with Crippen LogP contribution in [-0.2, 0) is 38.4 Å². The van der Waals surface area contributed by atoms with Crippen LogP contribution in [-0.4, -0.2) is 292 Å². The number of hydrogen-bond acceptors (Lipinski definition) is 12. The average Bonchev–Trinajstić information content (AvgIpc) is 2.64. The molecule has 0 saturated carbocycles. The molecule has 0 bridgehead atoms. The first kappa shape index (κ1) is 104. The summed E-state index contributed by atoms with van der Waals surface area (Å²) in [7, 11) is 0. The molecule has 0 aliphatic carbocycles. The van der Waals surface area contributed by atoms with Crippen molar-refractivity contribution in [2.75, 3.05) is 26.2 Å². The third-order valence-electron chi connectivity index (χ3n) is 0.333. The summed E-state index contributed by atoms with van der Waals surface area (Å²) in [5, 5.41) is 59.3. The van der Waals surface area contributed by atoms with Crippen molar-refractivity contribution in [3.8, 4) is 0 Å². The van der Waals surface area contributed by atoms with Crippen LogP contribution in [0, 0.1) is 0 Å². The third kappa shape index (κ3) is 7000. The van der Waals surface area contributed by atoms with Crippen molar-refractivity contribution in [1.29, 1.82) is 0 Å². The summed E-state index contributed by atoms with van der Waals surface area (Å²) >= 11 is 0. The molecule has 0 heterocycles. The standard InChI is InChI=1S/2C2H8N2.8C2H4O2.6Na.4H/c2*3-1-2-4;8*1-2(3)4;;;;;;;;;;/h2*1-4H2;8*1H3,(H,3,4);;;;;;;;;;. The third-order valence-corrected chi connectivity index (χ3v) is 0.333. The van der Waals surface area contributed by atoms with Crippen LogP contribution in [0.1, 0.15) is 55.4 Å². The summed E-state index contributed by atoms with van der Waals surface area (Å²) in [6, 6.07) is 0. The number of carboxylic acids is 8. The van der Waals surface area contributed by atoms with Crippen molar-refractivity contribution < 1.29 is 79.2 Å². The Morgan fingerprint density at radius 3 is 0.326 bits per heavy atom. The van der Waals surface area contributed by atoms with Crippen LogP contribution in [0.25, 0.3) is 0 Å². The zero-order valence-corrected chi connectivity index (χ0v) is 30.0. The van der Waals surface area contributed by atoms with E-state index in [-0.39, 0.29) is 177 Å². The molecule has 0 unspecified atom stereocenters. The second kappa shape index (κ2) is 111. The molecule has 0 spiro atoms. The van der Waals surface area contributed by atoms with E-state index >= 15 is 0 Å². The molecule has 0 aromatic heterocycles. The predicted molar refractivity (Wildman–Crippen MR) is 183 cm³/mol. The van der Waals surface area contributed by atoms with Gasteiger partial charge in [0, 0.05) is 141 Å². The van der Waals surface area contributed by atoms with Crippen molar-refractivity contribution in [2.24, 2.45) is 22.9 Å². The van der Waals surface area contributed by atoms with Crippen LogP contribution < -0.4 is 22.9 Å². The molecule has 0 aliphatic rings. The Balaban J connectivity index is -0.0000000153. The van der Waals surface area contributed by atoms with E-state index in [0.29, 0.717) is 26.2 Å². The van der Waals surface area contributed by atoms with Gasteiger partial charge in [0.2, 0.25) is 0 Å². The second-order valence-electron chi connectivity index (χ2n) is 5.31. The first-order valence-electron chi connectivity index (χ1n) is 10.1. The van der Waals surface area contributed by atoms with Crippen molar-refractivity contribution >= 4 is 225 Å². The first-order chi connectivity index (χ1) is 17.7. The molecular formula is C20H52N4Na6O16. The maximum absolute atomic E-state index is 9.00. The fourth-order valence-electron chi connectivity index (χ4n) is 0. The van der Waals surface area contributed by atoms with E-state index < -0.39 is 47.8 Å². The molecule has 0 aromatic carbocycles. The van der Waals surface area contributed by atoms with Gasteiger partial charge in [0.25, 0.3) is 47.8 Å². The van der Waals surface area contributed by atoms with Crippen LogP contribution >= 0.6 is 0 Å². The van der Waals surface area contributed by atoms with E-state index in [9.17, 15) is 0 Å². The van der Waals surface area contributed by atoms with Crippen LogP contribution in [0.2, 0.25) is 0 Å². The van der Waals surface area contributed by atoms with Gasteiger partial charge in [-0.2, -0.15) is 0 Å². The molecule has 0 atom stereocenters. The second-order valence-corrected chi connectivity index (χ2v) is 5.31. The summed E-state index contributed by atoms with van der Waals surface area (Å²) in [5.74, 6) is -6.67. The van der Waals surface area contributed by atoms with Crippen LogP contribution in [0.3, 0.4) is 0 Å². The van der Waals surface area contributed by atoms with Gasteiger partial charge >= 0.3 is 118 Å². The summed E-state index contributed by atoms with van der Waals surface area (Å²) in [6.45, 7) is 11.1. The summed E-state index contributed by atoms with van der Waals surface area (Å²) in [6.07, 6.45) is 0. The zero-order chi connectivity index (χ0) is 35.4. The number of hydrogen-bond donors (Lipinski definition) is 12. The Bertz CT molecular complexity index is 457. The van der Waals surface area contributed by atoms with Crippen molar-refractivity contribution in [3.63, 3.8) is 0 Å². The largest absolute Gasteiger partial charge is 0 e. The van der Waals surface area contributed by atoms with Crippen LogP contribution in [0.4, 0.5) is 0 Å². The van der Waals surface area contributed by atoms with Gasteiger partial charge in [0.05, 0.1) is 0 Å². The number of nitrogens with two attached hydrogens (primary N) is 4. The van der Waals surface area contributed by atoms with Gasteiger partial charge in [-0.15, -0.1) is 0 Å². The van der Waals surface area contributed by atoms with Gasteiger partial charge in [-0.05, 0) is 0 Å². The van der Waals surface area contributed by atoms with Crippen molar-refractivity contribution in [3.05, 3.63) is 0 Å². The fourth-order valence-corrected chi connectivity index (χ4v) is 0. The minimum atomic E-state index is -0.833. The topological polar surface area (TPSA) is 402 Å². The monoisotopic (exact) mass is 742 g/mol. The molecule has 0 aromatic rings. The predicted octanol–water partition coefficient (Wildman–Crippen LogP) is -4.82. The Kier molecular flexibility index (Phi) is 249. The minimum absolute atomic E-state index is 0. The Morgan fingerprint density at radius 1 is 0.304 bits per heavy atom. The number of rotatable bonds is 2. The maximum atomic E-state index is 9.00. The number of carbonyl (C=O) groups is 8. The quantitative estimate of drug-likeness (QED) is 0.118. The van der Waals surface area contributed by atoms with Crippen LogP contribution in [0.5, 0.6) is 0 Å².